The van der Waals surface area contributed by atoms with Crippen molar-refractivity contribution < 1.29 is 0 Å². The van der Waals surface area contributed by atoms with Crippen LogP contribution in [-0.2, 0) is 6.42 Å². The van der Waals surface area contributed by atoms with Gasteiger partial charge in [0, 0.05) is 16.6 Å². The summed E-state index contributed by atoms with van der Waals surface area (Å²) in [6, 6.07) is 13.3. The van der Waals surface area contributed by atoms with E-state index in [0.717, 1.165) is 25.8 Å². The van der Waals surface area contributed by atoms with Crippen LogP contribution in [0.1, 0.15) is 35.1 Å². The maximum Gasteiger partial charge on any atom is 0.0497 e. The Bertz CT molecular complexity index is 827. The number of fused-ring (bicyclic) bond motifs is 1. The average molecular weight is 306 g/mol. The first-order chi connectivity index (χ1) is 11.1. The predicted octanol–water partition coefficient (Wildman–Crippen LogP) is 5.04. The van der Waals surface area contributed by atoms with E-state index >= 15 is 0 Å². The molecule has 3 N–H and O–H groups in total. The van der Waals surface area contributed by atoms with E-state index in [4.69, 9.17) is 5.73 Å². The van der Waals surface area contributed by atoms with Gasteiger partial charge in [-0.3, -0.25) is 0 Å². The minimum atomic E-state index is 0.764. The Balaban J connectivity index is 2.19. The lowest BCUT2D eigenvalue weighted by atomic mass is 9.98. The van der Waals surface area contributed by atoms with E-state index in [1.54, 1.807) is 0 Å². The maximum absolute atomic E-state index is 5.69. The summed E-state index contributed by atoms with van der Waals surface area (Å²) in [7, 11) is 0. The van der Waals surface area contributed by atoms with E-state index in [9.17, 15) is 0 Å². The zero-order valence-electron chi connectivity index (χ0n) is 14.4. The minimum absolute atomic E-state index is 0.764. The molecular weight excluding hydrogens is 280 g/mol. The third-order valence-corrected chi connectivity index (χ3v) is 4.54. The molecule has 2 heteroatoms. The number of hydrogen-bond donors (Lipinski definition) is 2. The number of rotatable bonds is 5. The van der Waals surface area contributed by atoms with Gasteiger partial charge in [-0.05, 0) is 75.4 Å². The highest BCUT2D eigenvalue weighted by Gasteiger charge is 2.14. The quantitative estimate of drug-likeness (QED) is 0.637. The summed E-state index contributed by atoms with van der Waals surface area (Å²) >= 11 is 0. The van der Waals surface area contributed by atoms with Crippen LogP contribution in [0.3, 0.4) is 0 Å². The lowest BCUT2D eigenvalue weighted by molar-refractivity contribution is 0.748. The number of nitrogens with two attached hydrogens (primary N) is 1. The van der Waals surface area contributed by atoms with Crippen LogP contribution in [0.5, 0.6) is 0 Å². The molecule has 3 aromatic rings. The fraction of sp³-hybridized carbons (Fsp3) is 0.333. The van der Waals surface area contributed by atoms with Crippen LogP contribution in [0.25, 0.3) is 22.2 Å². The molecule has 0 unspecified atom stereocenters. The normalized spacial score (nSPS) is 11.3. The highest BCUT2D eigenvalue weighted by atomic mass is 14.7. The maximum atomic E-state index is 5.69. The Morgan fingerprint density at radius 2 is 1.78 bits per heavy atom. The predicted molar refractivity (Wildman–Crippen MR) is 99.9 cm³/mol. The van der Waals surface area contributed by atoms with E-state index < -0.39 is 0 Å². The van der Waals surface area contributed by atoms with Crippen LogP contribution in [-0.4, -0.2) is 11.5 Å². The van der Waals surface area contributed by atoms with Gasteiger partial charge in [-0.25, -0.2) is 0 Å². The lowest BCUT2D eigenvalue weighted by Crippen LogP contribution is -1.99. The summed E-state index contributed by atoms with van der Waals surface area (Å²) in [4.78, 5) is 3.70. The third-order valence-electron chi connectivity index (χ3n) is 4.54. The average Bonchev–Trinajstić information content (AvgIpc) is 2.87. The van der Waals surface area contributed by atoms with Gasteiger partial charge >= 0.3 is 0 Å². The summed E-state index contributed by atoms with van der Waals surface area (Å²) in [5.74, 6) is 0. The molecule has 0 aliphatic rings. The number of aryl methyl sites for hydroxylation is 4. The van der Waals surface area contributed by atoms with Gasteiger partial charge in [0.2, 0.25) is 0 Å². The summed E-state index contributed by atoms with van der Waals surface area (Å²) in [5, 5.41) is 1.37. The first-order valence-corrected chi connectivity index (χ1v) is 8.49. The number of unbranched alkanes of at least 4 members (excludes halogenated alkanes) is 1. The van der Waals surface area contributed by atoms with Gasteiger partial charge in [0.05, 0.1) is 0 Å². The number of H-pyrrole nitrogens is 1. The topological polar surface area (TPSA) is 41.8 Å². The molecule has 0 aliphatic carbocycles. The molecule has 0 bridgehead atoms. The zero-order chi connectivity index (χ0) is 16.4. The van der Waals surface area contributed by atoms with Crippen molar-refractivity contribution in [3.63, 3.8) is 0 Å². The van der Waals surface area contributed by atoms with Crippen molar-refractivity contribution in [3.8, 4) is 11.3 Å². The number of hydrogen-bond acceptors (Lipinski definition) is 1. The molecular formula is C21H26N2. The van der Waals surface area contributed by atoms with E-state index in [1.807, 2.05) is 0 Å². The van der Waals surface area contributed by atoms with Crippen LogP contribution in [0.15, 0.2) is 36.4 Å². The van der Waals surface area contributed by atoms with E-state index in [-0.39, 0.29) is 0 Å². The Kier molecular flexibility index (Phi) is 4.53. The standard InChI is InChI=1S/C21H26N2/c1-14-7-6-8-17(12-14)21-18(9-4-5-10-22)19-13-15(2)11-16(3)20(19)23-21/h6-8,11-13,23H,4-5,9-10,22H2,1-3H3. The summed E-state index contributed by atoms with van der Waals surface area (Å²) in [6.07, 6.45) is 3.28. The van der Waals surface area contributed by atoms with Crippen molar-refractivity contribution in [1.82, 2.24) is 4.98 Å². The molecule has 0 spiro atoms. The second-order valence-electron chi connectivity index (χ2n) is 6.60. The molecule has 1 heterocycles. The SMILES string of the molecule is Cc1cccc(-c2[nH]c3c(C)cc(C)cc3c2CCCCN)c1. The summed E-state index contributed by atoms with van der Waals surface area (Å²) in [5.41, 5.74) is 14.9. The van der Waals surface area contributed by atoms with E-state index in [2.05, 4.69) is 62.2 Å². The number of benzene rings is 2. The molecule has 2 aromatic carbocycles. The molecule has 0 radical (unpaired) electrons. The third kappa shape index (κ3) is 3.18. The van der Waals surface area contributed by atoms with Crippen LogP contribution >= 0.6 is 0 Å². The Morgan fingerprint density at radius 1 is 0.957 bits per heavy atom. The van der Waals surface area contributed by atoms with Crippen molar-refractivity contribution in [2.24, 2.45) is 5.73 Å². The minimum Gasteiger partial charge on any atom is -0.354 e. The van der Waals surface area contributed by atoms with Crippen LogP contribution in [0.2, 0.25) is 0 Å². The van der Waals surface area contributed by atoms with Crippen LogP contribution in [0.4, 0.5) is 0 Å². The zero-order valence-corrected chi connectivity index (χ0v) is 14.4. The highest BCUT2D eigenvalue weighted by molar-refractivity contribution is 5.93. The van der Waals surface area contributed by atoms with E-state index in [1.165, 1.54) is 44.4 Å². The van der Waals surface area contributed by atoms with Crippen LogP contribution in [0, 0.1) is 20.8 Å². The van der Waals surface area contributed by atoms with Gasteiger partial charge in [0.1, 0.15) is 0 Å². The largest absolute Gasteiger partial charge is 0.354 e. The molecule has 0 aliphatic heterocycles. The number of aromatic nitrogens is 1. The second kappa shape index (κ2) is 6.59. The molecule has 120 valence electrons. The van der Waals surface area contributed by atoms with Crippen molar-refractivity contribution in [3.05, 3.63) is 58.7 Å². The van der Waals surface area contributed by atoms with Crippen molar-refractivity contribution >= 4 is 10.9 Å². The first-order valence-electron chi connectivity index (χ1n) is 8.49. The smallest absolute Gasteiger partial charge is 0.0497 e. The molecule has 3 rings (SSSR count). The van der Waals surface area contributed by atoms with E-state index in [0.29, 0.717) is 0 Å². The molecule has 23 heavy (non-hydrogen) atoms. The monoisotopic (exact) mass is 306 g/mol. The Morgan fingerprint density at radius 3 is 2.52 bits per heavy atom. The Labute approximate surface area is 138 Å². The molecule has 0 atom stereocenters. The number of aromatic amines is 1. The summed E-state index contributed by atoms with van der Waals surface area (Å²) in [6.45, 7) is 7.28. The number of nitrogens with one attached hydrogen (secondary N) is 1. The van der Waals surface area contributed by atoms with Crippen molar-refractivity contribution in [2.45, 2.75) is 40.0 Å². The fourth-order valence-electron chi connectivity index (χ4n) is 3.46. The summed E-state index contributed by atoms with van der Waals surface area (Å²) < 4.78 is 0. The Hall–Kier alpha value is -2.06. The fourth-order valence-corrected chi connectivity index (χ4v) is 3.46. The van der Waals surface area contributed by atoms with Gasteiger partial charge in [0.25, 0.3) is 0 Å². The lowest BCUT2D eigenvalue weighted by Gasteiger charge is -2.06. The van der Waals surface area contributed by atoms with Crippen LogP contribution < -0.4 is 5.73 Å². The molecule has 0 amide bonds. The molecule has 1 aromatic heterocycles. The van der Waals surface area contributed by atoms with Gasteiger partial charge in [-0.15, -0.1) is 0 Å². The molecule has 0 saturated carbocycles. The molecule has 2 nitrogen and oxygen atoms in total. The van der Waals surface area contributed by atoms with Gasteiger partial charge in [0.15, 0.2) is 0 Å². The van der Waals surface area contributed by atoms with Crippen molar-refractivity contribution in [1.29, 1.82) is 0 Å². The van der Waals surface area contributed by atoms with Gasteiger partial charge in [-0.1, -0.05) is 35.4 Å². The second-order valence-corrected chi connectivity index (χ2v) is 6.60. The first kappa shape index (κ1) is 15.8. The highest BCUT2D eigenvalue weighted by Crippen LogP contribution is 2.34. The van der Waals surface area contributed by atoms with Gasteiger partial charge in [-0.2, -0.15) is 0 Å². The van der Waals surface area contributed by atoms with Gasteiger partial charge < -0.3 is 10.7 Å². The molecule has 0 saturated heterocycles. The molecule has 0 fully saturated rings. The van der Waals surface area contributed by atoms with Crippen molar-refractivity contribution in [2.75, 3.05) is 6.54 Å².